The first-order chi connectivity index (χ1) is 13.2. The molecular weight excluding hydrogens is 441 g/mol. The number of aliphatic hydroxyl groups is 1. The van der Waals surface area contributed by atoms with Crippen molar-refractivity contribution in [2.45, 2.75) is 28.5 Å². The van der Waals surface area contributed by atoms with Gasteiger partial charge in [-0.2, -0.15) is 13.2 Å². The summed E-state index contributed by atoms with van der Waals surface area (Å²) in [6.07, 6.45) is -5.25. The lowest BCUT2D eigenvalue weighted by Gasteiger charge is -2.25. The Kier molecular flexibility index (Phi) is 5.93. The lowest BCUT2D eigenvalue weighted by molar-refractivity contribution is -0.384. The maximum atomic E-state index is 12.7. The molecule has 1 amide bonds. The van der Waals surface area contributed by atoms with E-state index in [9.17, 15) is 41.6 Å². The number of anilines is 1. The third kappa shape index (κ3) is 4.49. The molecule has 2 N–H and O–H groups in total. The summed E-state index contributed by atoms with van der Waals surface area (Å²) in [5.41, 5.74) is -4.37. The summed E-state index contributed by atoms with van der Waals surface area (Å²) >= 11 is 5.87. The molecule has 0 fully saturated rings. The average Bonchev–Trinajstić information content (AvgIpc) is 2.62. The lowest BCUT2D eigenvalue weighted by Crippen LogP contribution is -2.52. The van der Waals surface area contributed by atoms with Gasteiger partial charge in [-0.1, -0.05) is 11.6 Å². The second-order valence-corrected chi connectivity index (χ2v) is 8.28. The molecule has 0 aromatic heterocycles. The zero-order valence-electron chi connectivity index (χ0n) is 14.4. The van der Waals surface area contributed by atoms with Crippen LogP contribution in [-0.4, -0.2) is 36.1 Å². The van der Waals surface area contributed by atoms with E-state index >= 15 is 0 Å². The molecule has 29 heavy (non-hydrogen) atoms. The quantitative estimate of drug-likeness (QED) is 0.529. The molecule has 156 valence electrons. The molecule has 2 aromatic carbocycles. The summed E-state index contributed by atoms with van der Waals surface area (Å²) < 4.78 is 63.3. The van der Waals surface area contributed by atoms with Crippen molar-refractivity contribution in [2.24, 2.45) is 0 Å². The molecule has 0 bridgehead atoms. The van der Waals surface area contributed by atoms with E-state index in [2.05, 4.69) is 0 Å². The van der Waals surface area contributed by atoms with Crippen molar-refractivity contribution in [1.82, 2.24) is 0 Å². The first-order valence-corrected chi connectivity index (χ1v) is 9.43. The van der Waals surface area contributed by atoms with E-state index < -0.39 is 37.5 Å². The largest absolute Gasteiger partial charge is 0.426 e. The van der Waals surface area contributed by atoms with E-state index in [0.29, 0.717) is 0 Å². The Balaban J connectivity index is 2.33. The van der Waals surface area contributed by atoms with Crippen LogP contribution in [0.5, 0.6) is 0 Å². The number of nitrogens with zero attached hydrogens (tertiary/aromatic N) is 1. The van der Waals surface area contributed by atoms with Crippen molar-refractivity contribution < 1.29 is 36.4 Å². The number of nitrogens with one attached hydrogen (secondary N) is 1. The van der Waals surface area contributed by atoms with Crippen molar-refractivity contribution in [3.8, 4) is 0 Å². The highest BCUT2D eigenvalue weighted by molar-refractivity contribution is 7.91. The molecule has 0 heterocycles. The van der Waals surface area contributed by atoms with Gasteiger partial charge in [-0.3, -0.25) is 14.9 Å². The van der Waals surface area contributed by atoms with Gasteiger partial charge in [0.2, 0.25) is 15.4 Å². The minimum Gasteiger partial charge on any atom is -0.373 e. The lowest BCUT2D eigenvalue weighted by atomic mass is 10.1. The summed E-state index contributed by atoms with van der Waals surface area (Å²) in [5.74, 6) is -1.81. The number of sulfone groups is 1. The third-order valence-corrected chi connectivity index (χ3v) is 5.93. The summed E-state index contributed by atoms with van der Waals surface area (Å²) in [4.78, 5) is 21.0. The van der Waals surface area contributed by atoms with Gasteiger partial charge in [0.15, 0.2) is 0 Å². The summed E-state index contributed by atoms with van der Waals surface area (Å²) in [6.45, 7) is 0.254. The Labute approximate surface area is 167 Å². The molecule has 0 aliphatic rings. The molecule has 2 aromatic rings. The van der Waals surface area contributed by atoms with Crippen LogP contribution >= 0.6 is 11.6 Å². The zero-order chi connectivity index (χ0) is 22.2. The maximum Gasteiger partial charge on any atom is 0.426 e. The topological polar surface area (TPSA) is 127 Å². The van der Waals surface area contributed by atoms with Crippen molar-refractivity contribution >= 4 is 38.7 Å². The number of carbonyl (C=O) groups is 1. The smallest absolute Gasteiger partial charge is 0.373 e. The predicted octanol–water partition coefficient (Wildman–Crippen LogP) is 3.33. The number of halogens is 4. The molecule has 1 atom stereocenters. The molecule has 2 rings (SSSR count). The number of hydrogen-bond acceptors (Lipinski definition) is 6. The van der Waals surface area contributed by atoms with E-state index in [1.54, 1.807) is 5.32 Å². The highest BCUT2D eigenvalue weighted by Gasteiger charge is 2.55. The van der Waals surface area contributed by atoms with Gasteiger partial charge in [-0.25, -0.2) is 8.42 Å². The fraction of sp³-hybridized carbons (Fsp3) is 0.188. The molecule has 0 saturated carbocycles. The normalized spacial score (nSPS) is 14.1. The van der Waals surface area contributed by atoms with E-state index in [4.69, 9.17) is 11.6 Å². The highest BCUT2D eigenvalue weighted by Crippen LogP contribution is 2.33. The minimum absolute atomic E-state index is 0.254. The van der Waals surface area contributed by atoms with Crippen LogP contribution in [0.2, 0.25) is 5.02 Å². The number of non-ortho nitro benzene ring substituents is 1. The fourth-order valence-electron chi connectivity index (χ4n) is 2.02. The standard InChI is InChI=1S/C16H12ClF3N2O6S/c1-15(24,16(18,19)20)14(23)21-13-7-6-11(8-12(13)17)29(27,28)10-4-2-9(3-5-10)22(25)26/h2-8,24H,1H3,(H,21,23)/t15-/m1/s1. The number of benzene rings is 2. The Bertz CT molecular complexity index is 1070. The van der Waals surface area contributed by atoms with Crippen LogP contribution in [0, 0.1) is 10.1 Å². The van der Waals surface area contributed by atoms with Gasteiger partial charge in [0.1, 0.15) is 0 Å². The summed E-state index contributed by atoms with van der Waals surface area (Å²) in [5, 5.41) is 21.4. The SMILES string of the molecule is C[C@@](O)(C(=O)Nc1ccc(S(=O)(=O)c2ccc([N+](=O)[O-])cc2)cc1Cl)C(F)(F)F. The summed E-state index contributed by atoms with van der Waals surface area (Å²) in [6, 6.07) is 6.81. The summed E-state index contributed by atoms with van der Waals surface area (Å²) in [7, 11) is -4.15. The van der Waals surface area contributed by atoms with Gasteiger partial charge in [0.05, 0.1) is 25.4 Å². The monoisotopic (exact) mass is 452 g/mol. The molecular formula is C16H12ClF3N2O6S. The van der Waals surface area contributed by atoms with Gasteiger partial charge in [0.25, 0.3) is 11.6 Å². The van der Waals surface area contributed by atoms with Gasteiger partial charge in [-0.05, 0) is 37.3 Å². The van der Waals surface area contributed by atoms with Crippen molar-refractivity contribution in [1.29, 1.82) is 0 Å². The molecule has 0 unspecified atom stereocenters. The van der Waals surface area contributed by atoms with Crippen molar-refractivity contribution in [3.05, 3.63) is 57.6 Å². The Morgan fingerprint density at radius 2 is 1.66 bits per heavy atom. The van der Waals surface area contributed by atoms with Crippen LogP contribution in [0.3, 0.4) is 0 Å². The number of amides is 1. The van der Waals surface area contributed by atoms with Crippen LogP contribution < -0.4 is 5.32 Å². The van der Waals surface area contributed by atoms with E-state index in [1.165, 1.54) is 0 Å². The number of carbonyl (C=O) groups excluding carboxylic acids is 1. The number of nitro groups is 1. The van der Waals surface area contributed by atoms with Crippen LogP contribution in [0.4, 0.5) is 24.5 Å². The van der Waals surface area contributed by atoms with Crippen LogP contribution in [0.1, 0.15) is 6.92 Å². The number of nitro benzene ring substituents is 1. The molecule has 0 spiro atoms. The van der Waals surface area contributed by atoms with Crippen molar-refractivity contribution in [2.75, 3.05) is 5.32 Å². The molecule has 13 heteroatoms. The third-order valence-electron chi connectivity index (χ3n) is 3.85. The van der Waals surface area contributed by atoms with Gasteiger partial charge in [0, 0.05) is 12.1 Å². The van der Waals surface area contributed by atoms with Crippen molar-refractivity contribution in [3.63, 3.8) is 0 Å². The molecule has 0 aliphatic heterocycles. The first-order valence-electron chi connectivity index (χ1n) is 7.57. The molecule has 0 saturated heterocycles. The molecule has 8 nitrogen and oxygen atoms in total. The predicted molar refractivity (Wildman–Crippen MR) is 95.3 cm³/mol. The van der Waals surface area contributed by atoms with Gasteiger partial charge < -0.3 is 10.4 Å². The number of alkyl halides is 3. The van der Waals surface area contributed by atoms with E-state index in [1.807, 2.05) is 0 Å². The van der Waals surface area contributed by atoms with E-state index in [-0.39, 0.29) is 28.1 Å². The second-order valence-electron chi connectivity index (χ2n) is 5.92. The zero-order valence-corrected chi connectivity index (χ0v) is 16.0. The fourth-order valence-corrected chi connectivity index (χ4v) is 3.60. The molecule has 0 radical (unpaired) electrons. The van der Waals surface area contributed by atoms with Crippen LogP contribution in [0.15, 0.2) is 52.3 Å². The highest BCUT2D eigenvalue weighted by atomic mass is 35.5. The van der Waals surface area contributed by atoms with Gasteiger partial charge in [-0.15, -0.1) is 0 Å². The van der Waals surface area contributed by atoms with Crippen LogP contribution in [-0.2, 0) is 14.6 Å². The van der Waals surface area contributed by atoms with E-state index in [0.717, 1.165) is 42.5 Å². The number of rotatable bonds is 5. The Morgan fingerprint density at radius 1 is 1.14 bits per heavy atom. The van der Waals surface area contributed by atoms with Gasteiger partial charge >= 0.3 is 6.18 Å². The average molecular weight is 453 g/mol. The molecule has 0 aliphatic carbocycles. The minimum atomic E-state index is -5.25. The Hall–Kier alpha value is -2.70. The second kappa shape index (κ2) is 7.61. The Morgan fingerprint density at radius 3 is 2.10 bits per heavy atom. The first kappa shape index (κ1) is 22.6. The maximum absolute atomic E-state index is 12.7. The van der Waals surface area contributed by atoms with Crippen LogP contribution in [0.25, 0.3) is 0 Å². The number of hydrogen-bond donors (Lipinski definition) is 2.